The molecule has 5 heteroatoms. The number of nitrogens with zero attached hydrogens (tertiary/aromatic N) is 3. The van der Waals surface area contributed by atoms with E-state index in [0.29, 0.717) is 18.3 Å². The van der Waals surface area contributed by atoms with Crippen molar-refractivity contribution < 1.29 is 8.91 Å². The molecular weight excluding hydrogens is 245 g/mol. The van der Waals surface area contributed by atoms with E-state index in [1.54, 1.807) is 19.1 Å². The molecule has 0 unspecified atom stereocenters. The number of hydrogen-bond donors (Lipinski definition) is 0. The molecule has 0 spiro atoms. The average Bonchev–Trinajstić information content (AvgIpc) is 3.01. The summed E-state index contributed by atoms with van der Waals surface area (Å²) in [6, 6.07) is 10.3. The van der Waals surface area contributed by atoms with Gasteiger partial charge in [-0.25, -0.2) is 4.39 Å². The van der Waals surface area contributed by atoms with E-state index in [2.05, 4.69) is 10.1 Å². The molecule has 3 rings (SSSR count). The topological polar surface area (TPSA) is 43.9 Å². The van der Waals surface area contributed by atoms with Gasteiger partial charge in [-0.05, 0) is 36.8 Å². The molecule has 0 saturated heterocycles. The normalized spacial score (nSPS) is 10.8. The van der Waals surface area contributed by atoms with E-state index < -0.39 is 0 Å². The van der Waals surface area contributed by atoms with Crippen LogP contribution in [0.4, 0.5) is 4.39 Å². The number of rotatable bonds is 3. The Bertz CT molecular complexity index is 685. The first kappa shape index (κ1) is 11.6. The van der Waals surface area contributed by atoms with E-state index in [-0.39, 0.29) is 5.82 Å². The second kappa shape index (κ2) is 4.68. The van der Waals surface area contributed by atoms with Crippen LogP contribution in [0.15, 0.2) is 47.1 Å². The van der Waals surface area contributed by atoms with E-state index in [1.807, 2.05) is 22.9 Å². The molecule has 2 aromatic heterocycles. The summed E-state index contributed by atoms with van der Waals surface area (Å²) in [6.45, 7) is 2.41. The monoisotopic (exact) mass is 257 g/mol. The molecule has 3 aromatic rings. The van der Waals surface area contributed by atoms with Crippen molar-refractivity contribution in [1.29, 1.82) is 0 Å². The van der Waals surface area contributed by atoms with E-state index in [9.17, 15) is 4.39 Å². The molecule has 0 bridgehead atoms. The molecule has 4 nitrogen and oxygen atoms in total. The molecule has 0 fully saturated rings. The summed E-state index contributed by atoms with van der Waals surface area (Å²) in [4.78, 5) is 4.21. The fraction of sp³-hybridized carbons (Fsp3) is 0.143. The van der Waals surface area contributed by atoms with Crippen LogP contribution in [0.1, 0.15) is 11.4 Å². The third-order valence-corrected chi connectivity index (χ3v) is 2.84. The van der Waals surface area contributed by atoms with E-state index in [0.717, 1.165) is 11.3 Å². The van der Waals surface area contributed by atoms with Crippen molar-refractivity contribution in [2.45, 2.75) is 13.5 Å². The van der Waals surface area contributed by atoms with Crippen LogP contribution in [0.25, 0.3) is 11.6 Å². The van der Waals surface area contributed by atoms with E-state index >= 15 is 0 Å². The fourth-order valence-electron chi connectivity index (χ4n) is 1.93. The SMILES string of the molecule is Cc1noc(-c2cccn2Cc2ccc(F)cc2)n1. The minimum Gasteiger partial charge on any atom is -0.339 e. The third kappa shape index (κ3) is 2.40. The summed E-state index contributed by atoms with van der Waals surface area (Å²) in [6.07, 6.45) is 1.93. The molecule has 0 aliphatic rings. The zero-order valence-electron chi connectivity index (χ0n) is 10.4. The van der Waals surface area contributed by atoms with Gasteiger partial charge in [0.05, 0.1) is 0 Å². The second-order valence-corrected chi connectivity index (χ2v) is 4.29. The van der Waals surface area contributed by atoms with Crippen molar-refractivity contribution in [1.82, 2.24) is 14.7 Å². The highest BCUT2D eigenvalue weighted by Crippen LogP contribution is 2.19. The summed E-state index contributed by atoms with van der Waals surface area (Å²) in [5.74, 6) is 0.859. The summed E-state index contributed by atoms with van der Waals surface area (Å²) in [5.41, 5.74) is 1.86. The lowest BCUT2D eigenvalue weighted by molar-refractivity contribution is 0.422. The first-order chi connectivity index (χ1) is 9.22. The molecule has 0 atom stereocenters. The Morgan fingerprint density at radius 3 is 2.68 bits per heavy atom. The minimum atomic E-state index is -0.232. The highest BCUT2D eigenvalue weighted by atomic mass is 19.1. The Kier molecular flexibility index (Phi) is 2.87. The Morgan fingerprint density at radius 2 is 2.00 bits per heavy atom. The van der Waals surface area contributed by atoms with Gasteiger partial charge in [-0.1, -0.05) is 17.3 Å². The smallest absolute Gasteiger partial charge is 0.274 e. The Balaban J connectivity index is 1.90. The maximum atomic E-state index is 12.9. The minimum absolute atomic E-state index is 0.232. The maximum absolute atomic E-state index is 12.9. The van der Waals surface area contributed by atoms with Gasteiger partial charge in [0.2, 0.25) is 0 Å². The van der Waals surface area contributed by atoms with Crippen LogP contribution >= 0.6 is 0 Å². The molecule has 0 aliphatic carbocycles. The highest BCUT2D eigenvalue weighted by Gasteiger charge is 2.11. The van der Waals surface area contributed by atoms with Crippen molar-refractivity contribution in [2.24, 2.45) is 0 Å². The van der Waals surface area contributed by atoms with Gasteiger partial charge in [0, 0.05) is 12.7 Å². The summed E-state index contributed by atoms with van der Waals surface area (Å²) in [5, 5.41) is 3.78. The predicted octanol–water partition coefficient (Wildman–Crippen LogP) is 3.03. The lowest BCUT2D eigenvalue weighted by Gasteiger charge is -2.06. The summed E-state index contributed by atoms with van der Waals surface area (Å²) in [7, 11) is 0. The number of aryl methyl sites for hydroxylation is 1. The maximum Gasteiger partial charge on any atom is 0.274 e. The van der Waals surface area contributed by atoms with Crippen molar-refractivity contribution in [3.63, 3.8) is 0 Å². The highest BCUT2D eigenvalue weighted by molar-refractivity contribution is 5.48. The molecule has 96 valence electrons. The standard InChI is InChI=1S/C14H12FN3O/c1-10-16-14(19-17-10)13-3-2-8-18(13)9-11-4-6-12(15)7-5-11/h2-8H,9H2,1H3. The predicted molar refractivity (Wildman–Crippen MR) is 68.0 cm³/mol. The zero-order valence-corrected chi connectivity index (χ0v) is 10.4. The van der Waals surface area contributed by atoms with Crippen LogP contribution in [0.5, 0.6) is 0 Å². The van der Waals surface area contributed by atoms with Gasteiger partial charge < -0.3 is 9.09 Å². The Morgan fingerprint density at radius 1 is 1.21 bits per heavy atom. The van der Waals surface area contributed by atoms with Gasteiger partial charge in [0.15, 0.2) is 5.82 Å². The average molecular weight is 257 g/mol. The van der Waals surface area contributed by atoms with Crippen LogP contribution < -0.4 is 0 Å². The van der Waals surface area contributed by atoms with Crippen molar-refractivity contribution in [3.05, 3.63) is 59.8 Å². The second-order valence-electron chi connectivity index (χ2n) is 4.29. The molecule has 0 amide bonds. The first-order valence-electron chi connectivity index (χ1n) is 5.92. The van der Waals surface area contributed by atoms with Crippen molar-refractivity contribution in [2.75, 3.05) is 0 Å². The number of aromatic nitrogens is 3. The third-order valence-electron chi connectivity index (χ3n) is 2.84. The fourth-order valence-corrected chi connectivity index (χ4v) is 1.93. The summed E-state index contributed by atoms with van der Waals surface area (Å²) < 4.78 is 20.0. The van der Waals surface area contributed by atoms with Crippen LogP contribution in [0.3, 0.4) is 0 Å². The van der Waals surface area contributed by atoms with Gasteiger partial charge in [-0.3, -0.25) is 0 Å². The lowest BCUT2D eigenvalue weighted by Crippen LogP contribution is -2.00. The largest absolute Gasteiger partial charge is 0.339 e. The molecule has 0 N–H and O–H groups in total. The van der Waals surface area contributed by atoms with E-state index in [1.165, 1.54) is 12.1 Å². The van der Waals surface area contributed by atoms with Gasteiger partial charge in [-0.2, -0.15) is 4.98 Å². The zero-order chi connectivity index (χ0) is 13.2. The molecule has 0 radical (unpaired) electrons. The van der Waals surface area contributed by atoms with Gasteiger partial charge in [0.1, 0.15) is 11.5 Å². The molecule has 0 aliphatic heterocycles. The van der Waals surface area contributed by atoms with Crippen LogP contribution in [-0.2, 0) is 6.54 Å². The first-order valence-corrected chi connectivity index (χ1v) is 5.92. The number of hydrogen-bond acceptors (Lipinski definition) is 3. The van der Waals surface area contributed by atoms with Gasteiger partial charge in [0.25, 0.3) is 5.89 Å². The van der Waals surface area contributed by atoms with Gasteiger partial charge in [-0.15, -0.1) is 0 Å². The molecule has 19 heavy (non-hydrogen) atoms. The Hall–Kier alpha value is -2.43. The van der Waals surface area contributed by atoms with Crippen molar-refractivity contribution >= 4 is 0 Å². The van der Waals surface area contributed by atoms with Crippen molar-refractivity contribution in [3.8, 4) is 11.6 Å². The molecular formula is C14H12FN3O. The van der Waals surface area contributed by atoms with Crippen LogP contribution in [0, 0.1) is 12.7 Å². The van der Waals surface area contributed by atoms with Gasteiger partial charge >= 0.3 is 0 Å². The molecule has 0 saturated carbocycles. The van der Waals surface area contributed by atoms with E-state index in [4.69, 9.17) is 4.52 Å². The van der Waals surface area contributed by atoms with Crippen LogP contribution in [0.2, 0.25) is 0 Å². The molecule has 1 aromatic carbocycles. The number of halogens is 1. The summed E-state index contributed by atoms with van der Waals surface area (Å²) >= 11 is 0. The lowest BCUT2D eigenvalue weighted by atomic mass is 10.2. The van der Waals surface area contributed by atoms with Crippen LogP contribution in [-0.4, -0.2) is 14.7 Å². The quantitative estimate of drug-likeness (QED) is 0.724. The molecule has 2 heterocycles. The number of benzene rings is 1. The Labute approximate surface area is 109 Å².